The van der Waals surface area contributed by atoms with Gasteiger partial charge in [0.2, 0.25) is 15.9 Å². The Balaban J connectivity index is 0.00000400. The molecule has 0 aliphatic rings. The minimum Gasteiger partial charge on any atom is -0.350 e. The molecule has 9 heteroatoms. The minimum absolute atomic E-state index is 0. The Morgan fingerprint density at radius 1 is 1.43 bits per heavy atom. The molecule has 4 N–H and O–H groups in total. The molecule has 0 aliphatic heterocycles. The first-order chi connectivity index (χ1) is 9.23. The molecule has 0 aliphatic carbocycles. The predicted molar refractivity (Wildman–Crippen MR) is 87.2 cm³/mol. The number of sulfonamides is 1. The molecule has 1 amide bonds. The first-order valence-electron chi connectivity index (χ1n) is 6.32. The maximum Gasteiger partial charge on any atom is 0.249 e. The quantitative estimate of drug-likeness (QED) is 0.684. The van der Waals surface area contributed by atoms with Crippen molar-refractivity contribution in [3.05, 3.63) is 17.0 Å². The minimum atomic E-state index is -3.42. The monoisotopic (exact) mass is 355 g/mol. The van der Waals surface area contributed by atoms with Crippen molar-refractivity contribution < 1.29 is 13.2 Å². The molecular weight excluding hydrogens is 334 g/mol. The van der Waals surface area contributed by atoms with Crippen molar-refractivity contribution in [1.29, 1.82) is 0 Å². The van der Waals surface area contributed by atoms with Crippen LogP contribution in [-0.4, -0.2) is 26.9 Å². The van der Waals surface area contributed by atoms with E-state index >= 15 is 0 Å². The summed E-state index contributed by atoms with van der Waals surface area (Å²) in [6.45, 7) is 3.93. The van der Waals surface area contributed by atoms with E-state index in [0.29, 0.717) is 6.42 Å². The van der Waals surface area contributed by atoms with E-state index in [4.69, 9.17) is 5.73 Å². The Kier molecular flexibility index (Phi) is 7.83. The third-order valence-corrected chi connectivity index (χ3v) is 5.87. The van der Waals surface area contributed by atoms with Crippen molar-refractivity contribution in [3.8, 4) is 0 Å². The second-order valence-corrected chi connectivity index (χ2v) is 8.06. The van der Waals surface area contributed by atoms with Crippen LogP contribution in [-0.2, 0) is 21.4 Å². The number of thiophene rings is 1. The molecule has 1 aromatic rings. The van der Waals surface area contributed by atoms with Crippen molar-refractivity contribution in [2.45, 2.75) is 43.0 Å². The number of nitrogens with two attached hydrogens (primary N) is 1. The van der Waals surface area contributed by atoms with Gasteiger partial charge in [0.05, 0.1) is 12.1 Å². The van der Waals surface area contributed by atoms with Crippen molar-refractivity contribution in [3.63, 3.8) is 0 Å². The van der Waals surface area contributed by atoms with Crippen LogP contribution in [0.15, 0.2) is 16.3 Å². The van der Waals surface area contributed by atoms with Gasteiger partial charge in [0, 0.05) is 4.88 Å². The smallest absolute Gasteiger partial charge is 0.249 e. The number of nitrogens with one attached hydrogen (secondary N) is 2. The first kappa shape index (κ1) is 20.3. The van der Waals surface area contributed by atoms with Gasteiger partial charge in [-0.1, -0.05) is 13.3 Å². The highest BCUT2D eigenvalue weighted by atomic mass is 35.5. The van der Waals surface area contributed by atoms with E-state index in [9.17, 15) is 13.2 Å². The zero-order valence-electron chi connectivity index (χ0n) is 12.3. The Morgan fingerprint density at radius 2 is 2.05 bits per heavy atom. The highest BCUT2D eigenvalue weighted by Gasteiger charge is 2.26. The van der Waals surface area contributed by atoms with Crippen molar-refractivity contribution in [2.75, 3.05) is 7.05 Å². The molecule has 0 bridgehead atoms. The molecule has 0 fully saturated rings. The molecule has 0 spiro atoms. The van der Waals surface area contributed by atoms with E-state index < -0.39 is 15.6 Å². The van der Waals surface area contributed by atoms with Gasteiger partial charge in [-0.3, -0.25) is 4.79 Å². The van der Waals surface area contributed by atoms with Crippen molar-refractivity contribution in [2.24, 2.45) is 5.73 Å². The predicted octanol–water partition coefficient (Wildman–Crippen LogP) is 1.21. The summed E-state index contributed by atoms with van der Waals surface area (Å²) in [6, 6.07) is 3.20. The van der Waals surface area contributed by atoms with Crippen LogP contribution >= 0.6 is 23.7 Å². The van der Waals surface area contributed by atoms with Gasteiger partial charge < -0.3 is 11.1 Å². The molecule has 0 saturated carbocycles. The summed E-state index contributed by atoms with van der Waals surface area (Å²) in [4.78, 5) is 12.7. The molecule has 1 atom stereocenters. The number of hydrogen-bond donors (Lipinski definition) is 3. The van der Waals surface area contributed by atoms with Crippen LogP contribution in [0.1, 0.15) is 31.6 Å². The van der Waals surface area contributed by atoms with Gasteiger partial charge in [-0.15, -0.1) is 23.7 Å². The standard InChI is InChI=1S/C12H21N3O3S2.ClH/c1-4-7-12(2,13)11(16)15-8-9-5-6-10(19-9)20(17,18)14-3;/h5-6,14H,4,7-8,13H2,1-3H3,(H,15,16);1H. The molecule has 1 unspecified atom stereocenters. The fraction of sp³-hybridized carbons (Fsp3) is 0.583. The van der Waals surface area contributed by atoms with Crippen LogP contribution in [0.5, 0.6) is 0 Å². The number of halogens is 1. The molecule has 0 radical (unpaired) electrons. The highest BCUT2D eigenvalue weighted by Crippen LogP contribution is 2.21. The molecule has 1 aromatic heterocycles. The summed E-state index contributed by atoms with van der Waals surface area (Å²) in [5.41, 5.74) is 5.02. The second-order valence-electron chi connectivity index (χ2n) is 4.78. The number of carbonyl (C=O) groups is 1. The third kappa shape index (κ3) is 5.55. The van der Waals surface area contributed by atoms with E-state index in [1.165, 1.54) is 13.1 Å². The maximum atomic E-state index is 11.9. The lowest BCUT2D eigenvalue weighted by Crippen LogP contribution is -2.51. The Labute approximate surface area is 136 Å². The zero-order chi connectivity index (χ0) is 15.4. The van der Waals surface area contributed by atoms with E-state index in [1.807, 2.05) is 6.92 Å². The van der Waals surface area contributed by atoms with Gasteiger partial charge >= 0.3 is 0 Å². The van der Waals surface area contributed by atoms with Crippen LogP contribution in [0.2, 0.25) is 0 Å². The zero-order valence-corrected chi connectivity index (χ0v) is 14.8. The van der Waals surface area contributed by atoms with Crippen molar-refractivity contribution in [1.82, 2.24) is 10.0 Å². The maximum absolute atomic E-state index is 11.9. The Bertz CT molecular complexity index is 570. The van der Waals surface area contributed by atoms with Crippen LogP contribution in [0.3, 0.4) is 0 Å². The van der Waals surface area contributed by atoms with Crippen LogP contribution in [0, 0.1) is 0 Å². The Morgan fingerprint density at radius 3 is 2.57 bits per heavy atom. The van der Waals surface area contributed by atoms with Gasteiger partial charge in [0.25, 0.3) is 0 Å². The number of hydrogen-bond acceptors (Lipinski definition) is 5. The van der Waals surface area contributed by atoms with Crippen LogP contribution in [0.25, 0.3) is 0 Å². The summed E-state index contributed by atoms with van der Waals surface area (Å²) < 4.78 is 25.7. The fourth-order valence-electron chi connectivity index (χ4n) is 1.70. The number of amides is 1. The van der Waals surface area contributed by atoms with Crippen molar-refractivity contribution >= 4 is 39.7 Å². The summed E-state index contributed by atoms with van der Waals surface area (Å²) >= 11 is 1.12. The average molecular weight is 356 g/mol. The lowest BCUT2D eigenvalue weighted by Gasteiger charge is -2.22. The van der Waals surface area contributed by atoms with E-state index in [2.05, 4.69) is 10.0 Å². The molecular formula is C12H22ClN3O3S2. The van der Waals surface area contributed by atoms with Gasteiger partial charge in [-0.25, -0.2) is 13.1 Å². The van der Waals surface area contributed by atoms with E-state index in [-0.39, 0.29) is 29.1 Å². The fourth-order valence-corrected chi connectivity index (χ4v) is 3.83. The summed E-state index contributed by atoms with van der Waals surface area (Å²) in [5.74, 6) is -0.231. The first-order valence-corrected chi connectivity index (χ1v) is 8.62. The second kappa shape index (κ2) is 8.09. The van der Waals surface area contributed by atoms with Gasteiger partial charge in [0.15, 0.2) is 0 Å². The number of rotatable bonds is 7. The topological polar surface area (TPSA) is 101 Å². The van der Waals surface area contributed by atoms with E-state index in [0.717, 1.165) is 22.6 Å². The molecule has 122 valence electrons. The number of carbonyl (C=O) groups excluding carboxylic acids is 1. The lowest BCUT2D eigenvalue weighted by molar-refractivity contribution is -0.126. The van der Waals surface area contributed by atoms with Gasteiger partial charge in [0.1, 0.15) is 4.21 Å². The van der Waals surface area contributed by atoms with Crippen LogP contribution in [0.4, 0.5) is 0 Å². The van der Waals surface area contributed by atoms with Gasteiger partial charge in [-0.05, 0) is 32.5 Å². The largest absolute Gasteiger partial charge is 0.350 e. The molecule has 6 nitrogen and oxygen atoms in total. The molecule has 0 saturated heterocycles. The molecule has 0 aromatic carbocycles. The van der Waals surface area contributed by atoms with Crippen LogP contribution < -0.4 is 15.8 Å². The molecule has 1 heterocycles. The highest BCUT2D eigenvalue weighted by molar-refractivity contribution is 7.91. The molecule has 21 heavy (non-hydrogen) atoms. The summed E-state index contributed by atoms with van der Waals surface area (Å²) in [7, 11) is -2.06. The normalized spacial score (nSPS) is 14.1. The third-order valence-electron chi connectivity index (χ3n) is 2.88. The summed E-state index contributed by atoms with van der Waals surface area (Å²) in [5, 5.41) is 2.74. The molecule has 1 rings (SSSR count). The summed E-state index contributed by atoms with van der Waals surface area (Å²) in [6.07, 6.45) is 1.42. The average Bonchev–Trinajstić information content (AvgIpc) is 2.85. The SMILES string of the molecule is CCCC(C)(N)C(=O)NCc1ccc(S(=O)(=O)NC)s1.Cl. The van der Waals surface area contributed by atoms with Gasteiger partial charge in [-0.2, -0.15) is 0 Å². The van der Waals surface area contributed by atoms with E-state index in [1.54, 1.807) is 13.0 Å². The lowest BCUT2D eigenvalue weighted by atomic mass is 9.96. The Hall–Kier alpha value is -0.670.